The lowest BCUT2D eigenvalue weighted by atomic mass is 10.1. The van der Waals surface area contributed by atoms with E-state index in [2.05, 4.69) is 20.2 Å². The zero-order valence-electron chi connectivity index (χ0n) is 18.2. The van der Waals surface area contributed by atoms with Crippen molar-refractivity contribution in [1.82, 2.24) is 9.97 Å². The highest BCUT2D eigenvalue weighted by Gasteiger charge is 2.25. The summed E-state index contributed by atoms with van der Waals surface area (Å²) in [6.07, 6.45) is 1.46. The number of carbonyl (C=O) groups excluding carboxylic acids is 1. The van der Waals surface area contributed by atoms with E-state index >= 15 is 0 Å². The van der Waals surface area contributed by atoms with Crippen molar-refractivity contribution >= 4 is 44.7 Å². The summed E-state index contributed by atoms with van der Waals surface area (Å²) in [5.41, 5.74) is 1.17. The number of amides is 1. The van der Waals surface area contributed by atoms with Gasteiger partial charge in [-0.25, -0.2) is 23.1 Å². The first-order valence-corrected chi connectivity index (χ1v) is 11.5. The van der Waals surface area contributed by atoms with Gasteiger partial charge in [0.25, 0.3) is 5.91 Å². The number of nitrogens with zero attached hydrogens (tertiary/aromatic N) is 4. The van der Waals surface area contributed by atoms with Crippen LogP contribution in [-0.2, 0) is 0 Å². The van der Waals surface area contributed by atoms with Gasteiger partial charge >= 0.3 is 0 Å². The van der Waals surface area contributed by atoms with Crippen molar-refractivity contribution in [3.8, 4) is 0 Å². The predicted octanol–water partition coefficient (Wildman–Crippen LogP) is 5.00. The third kappa shape index (κ3) is 4.05. The minimum atomic E-state index is -0.847. The summed E-state index contributed by atoms with van der Waals surface area (Å²) in [6.45, 7) is 4.28. The molecule has 1 aliphatic rings. The first-order valence-electron chi connectivity index (χ1n) is 10.7. The molecule has 1 fully saturated rings. The SMILES string of the molecule is Cc1c(C(=O)Nc2ccc(F)cc2F)sc2ncnc(N3CCN(c4ccccc4F)CC3)c12. The Morgan fingerprint density at radius 3 is 2.44 bits per heavy atom. The molecular weight excluding hydrogens is 463 g/mol. The molecule has 5 rings (SSSR count). The lowest BCUT2D eigenvalue weighted by Crippen LogP contribution is -2.47. The molecule has 0 atom stereocenters. The van der Waals surface area contributed by atoms with E-state index in [1.54, 1.807) is 19.1 Å². The van der Waals surface area contributed by atoms with Crippen molar-refractivity contribution in [2.45, 2.75) is 6.92 Å². The number of rotatable bonds is 4. The van der Waals surface area contributed by atoms with E-state index in [9.17, 15) is 18.0 Å². The van der Waals surface area contributed by atoms with E-state index in [0.717, 1.165) is 17.5 Å². The fraction of sp³-hybridized carbons (Fsp3) is 0.208. The number of benzene rings is 2. The zero-order valence-corrected chi connectivity index (χ0v) is 19.0. The van der Waals surface area contributed by atoms with Crippen molar-refractivity contribution in [2.75, 3.05) is 41.3 Å². The van der Waals surface area contributed by atoms with Gasteiger partial charge in [-0.15, -0.1) is 11.3 Å². The number of para-hydroxylation sites is 1. The van der Waals surface area contributed by atoms with Crippen molar-refractivity contribution in [3.05, 3.63) is 76.7 Å². The van der Waals surface area contributed by atoms with Crippen LogP contribution in [0.4, 0.5) is 30.4 Å². The number of piperazine rings is 1. The number of nitrogens with one attached hydrogen (secondary N) is 1. The van der Waals surface area contributed by atoms with Gasteiger partial charge in [-0.1, -0.05) is 12.1 Å². The van der Waals surface area contributed by atoms with Gasteiger partial charge in [-0.05, 0) is 36.8 Å². The lowest BCUT2D eigenvalue weighted by Gasteiger charge is -2.37. The molecule has 0 unspecified atom stereocenters. The third-order valence-corrected chi connectivity index (χ3v) is 7.06. The topological polar surface area (TPSA) is 61.4 Å². The molecule has 2 aromatic carbocycles. The number of hydrogen-bond acceptors (Lipinski definition) is 6. The number of carbonyl (C=O) groups is 1. The summed E-state index contributed by atoms with van der Waals surface area (Å²) in [6, 6.07) is 9.70. The summed E-state index contributed by atoms with van der Waals surface area (Å²) < 4.78 is 41.4. The summed E-state index contributed by atoms with van der Waals surface area (Å²) in [5, 5.41) is 3.27. The molecule has 2 aromatic heterocycles. The standard InChI is InChI=1S/C24H20F3N5OS/c1-14-20-22(32-10-8-31(9-11-32)19-5-3-2-4-16(19)26)28-13-29-24(20)34-21(14)23(33)30-18-7-6-15(25)12-17(18)27/h2-7,12-13H,8-11H2,1H3,(H,30,33). The molecule has 1 aliphatic heterocycles. The number of thiophene rings is 1. The van der Waals surface area contributed by atoms with Gasteiger partial charge in [-0.3, -0.25) is 4.79 Å². The Labute approximate surface area is 197 Å². The Balaban J connectivity index is 1.40. The molecule has 10 heteroatoms. The quantitative estimate of drug-likeness (QED) is 0.443. The molecule has 0 aliphatic carbocycles. The van der Waals surface area contributed by atoms with Crippen LogP contribution in [0, 0.1) is 24.4 Å². The molecule has 0 saturated carbocycles. The van der Waals surface area contributed by atoms with E-state index in [-0.39, 0.29) is 11.5 Å². The van der Waals surface area contributed by atoms with Crippen LogP contribution in [0.15, 0.2) is 48.8 Å². The van der Waals surface area contributed by atoms with Gasteiger partial charge in [0, 0.05) is 32.2 Å². The maximum absolute atomic E-state index is 14.2. The summed E-state index contributed by atoms with van der Waals surface area (Å²) in [5.74, 6) is -1.61. The monoisotopic (exact) mass is 483 g/mol. The number of aryl methyl sites for hydroxylation is 1. The lowest BCUT2D eigenvalue weighted by molar-refractivity contribution is 0.102. The smallest absolute Gasteiger partial charge is 0.266 e. The molecule has 1 N–H and O–H groups in total. The summed E-state index contributed by atoms with van der Waals surface area (Å²) in [7, 11) is 0. The Morgan fingerprint density at radius 2 is 1.71 bits per heavy atom. The second kappa shape index (κ2) is 8.94. The van der Waals surface area contributed by atoms with E-state index < -0.39 is 17.5 Å². The average Bonchev–Trinajstić information content (AvgIpc) is 3.18. The number of fused-ring (bicyclic) bond motifs is 1. The van der Waals surface area contributed by atoms with Crippen molar-refractivity contribution in [2.24, 2.45) is 0 Å². The normalized spacial score (nSPS) is 14.0. The number of aromatic nitrogens is 2. The first-order chi connectivity index (χ1) is 16.4. The van der Waals surface area contributed by atoms with E-state index in [4.69, 9.17) is 0 Å². The van der Waals surface area contributed by atoms with E-state index in [1.807, 2.05) is 11.0 Å². The fourth-order valence-corrected chi connectivity index (χ4v) is 5.19. The summed E-state index contributed by atoms with van der Waals surface area (Å²) >= 11 is 1.19. The molecule has 34 heavy (non-hydrogen) atoms. The van der Waals surface area contributed by atoms with Crippen LogP contribution in [-0.4, -0.2) is 42.1 Å². The van der Waals surface area contributed by atoms with Crippen molar-refractivity contribution < 1.29 is 18.0 Å². The average molecular weight is 484 g/mol. The second-order valence-corrected chi connectivity index (χ2v) is 8.94. The molecule has 1 saturated heterocycles. The van der Waals surface area contributed by atoms with Gasteiger partial charge < -0.3 is 15.1 Å². The number of hydrogen-bond donors (Lipinski definition) is 1. The van der Waals surface area contributed by atoms with E-state index in [1.165, 1.54) is 29.8 Å². The van der Waals surface area contributed by atoms with Gasteiger partial charge in [0.2, 0.25) is 0 Å². The van der Waals surface area contributed by atoms with Gasteiger partial charge in [0.15, 0.2) is 0 Å². The van der Waals surface area contributed by atoms with E-state index in [0.29, 0.717) is 53.0 Å². The van der Waals surface area contributed by atoms with Crippen LogP contribution in [0.3, 0.4) is 0 Å². The maximum atomic E-state index is 14.2. The Morgan fingerprint density at radius 1 is 0.971 bits per heavy atom. The molecule has 3 heterocycles. The molecular formula is C24H20F3N5OS. The molecule has 0 spiro atoms. The van der Waals surface area contributed by atoms with Crippen LogP contribution in [0.2, 0.25) is 0 Å². The molecule has 4 aromatic rings. The van der Waals surface area contributed by atoms with Crippen molar-refractivity contribution in [1.29, 1.82) is 0 Å². The highest BCUT2D eigenvalue weighted by atomic mass is 32.1. The van der Waals surface area contributed by atoms with Gasteiger partial charge in [0.05, 0.1) is 21.6 Å². The van der Waals surface area contributed by atoms with Crippen LogP contribution < -0.4 is 15.1 Å². The Bertz CT molecular complexity index is 1380. The fourth-order valence-electron chi connectivity index (χ4n) is 4.15. The minimum absolute atomic E-state index is 0.0983. The van der Waals surface area contributed by atoms with Crippen LogP contribution in [0.25, 0.3) is 10.2 Å². The largest absolute Gasteiger partial charge is 0.366 e. The molecule has 1 amide bonds. The second-order valence-electron chi connectivity index (χ2n) is 7.94. The molecule has 0 radical (unpaired) electrons. The van der Waals surface area contributed by atoms with Gasteiger partial charge in [-0.2, -0.15) is 0 Å². The van der Waals surface area contributed by atoms with Crippen molar-refractivity contribution in [3.63, 3.8) is 0 Å². The Hall–Kier alpha value is -3.66. The van der Waals surface area contributed by atoms with Crippen LogP contribution in [0.5, 0.6) is 0 Å². The zero-order chi connectivity index (χ0) is 23.8. The molecule has 6 nitrogen and oxygen atoms in total. The molecule has 0 bridgehead atoms. The maximum Gasteiger partial charge on any atom is 0.266 e. The van der Waals surface area contributed by atoms with Crippen LogP contribution in [0.1, 0.15) is 15.2 Å². The highest BCUT2D eigenvalue weighted by Crippen LogP contribution is 2.36. The third-order valence-electron chi connectivity index (χ3n) is 5.86. The molecule has 174 valence electrons. The Kier molecular flexibility index (Phi) is 5.82. The first kappa shape index (κ1) is 22.1. The van der Waals surface area contributed by atoms with Crippen LogP contribution >= 0.6 is 11.3 Å². The van der Waals surface area contributed by atoms with Gasteiger partial charge in [0.1, 0.15) is 34.4 Å². The number of halogens is 3. The number of anilines is 3. The highest BCUT2D eigenvalue weighted by molar-refractivity contribution is 7.20. The minimum Gasteiger partial charge on any atom is -0.366 e. The predicted molar refractivity (Wildman–Crippen MR) is 127 cm³/mol. The summed E-state index contributed by atoms with van der Waals surface area (Å²) in [4.78, 5) is 26.8.